The van der Waals surface area contributed by atoms with Gasteiger partial charge in [0.2, 0.25) is 5.91 Å². The molecule has 2 fully saturated rings. The second-order valence-electron chi connectivity index (χ2n) is 7.90. The number of aryl methyl sites for hydroxylation is 1. The Kier molecular flexibility index (Phi) is 6.23. The van der Waals surface area contributed by atoms with Gasteiger partial charge in [-0.05, 0) is 43.5 Å². The van der Waals surface area contributed by atoms with Gasteiger partial charge in [0.15, 0.2) is 0 Å². The molecule has 8 nitrogen and oxygen atoms in total. The van der Waals surface area contributed by atoms with E-state index in [4.69, 9.17) is 0 Å². The van der Waals surface area contributed by atoms with Gasteiger partial charge < -0.3 is 15.1 Å². The molecule has 1 aromatic heterocycles. The topological polar surface area (TPSA) is 81.7 Å². The molecule has 0 saturated carbocycles. The van der Waals surface area contributed by atoms with Gasteiger partial charge in [-0.25, -0.2) is 4.98 Å². The van der Waals surface area contributed by atoms with Gasteiger partial charge in [-0.15, -0.1) is 0 Å². The normalized spacial score (nSPS) is 17.2. The number of benzene rings is 1. The van der Waals surface area contributed by atoms with Crippen molar-refractivity contribution in [2.75, 3.05) is 56.0 Å². The zero-order chi connectivity index (χ0) is 20.9. The van der Waals surface area contributed by atoms with E-state index in [0.717, 1.165) is 24.3 Å². The van der Waals surface area contributed by atoms with Gasteiger partial charge in [-0.1, -0.05) is 0 Å². The van der Waals surface area contributed by atoms with Gasteiger partial charge in [-0.3, -0.25) is 19.5 Å². The molecule has 0 bridgehead atoms. The average molecular weight is 409 g/mol. The van der Waals surface area contributed by atoms with Crippen molar-refractivity contribution in [3.8, 4) is 0 Å². The second-order valence-corrected chi connectivity index (χ2v) is 7.90. The average Bonchev–Trinajstić information content (AvgIpc) is 3.31. The van der Waals surface area contributed by atoms with E-state index >= 15 is 0 Å². The summed E-state index contributed by atoms with van der Waals surface area (Å²) in [6.07, 6.45) is 7.05. The van der Waals surface area contributed by atoms with Gasteiger partial charge >= 0.3 is 0 Å². The second kappa shape index (κ2) is 9.21. The van der Waals surface area contributed by atoms with Crippen LogP contribution < -0.4 is 10.2 Å². The van der Waals surface area contributed by atoms with Crippen molar-refractivity contribution in [1.29, 1.82) is 0 Å². The molecule has 0 unspecified atom stereocenters. The maximum absolute atomic E-state index is 12.5. The largest absolute Gasteiger partial charge is 0.372 e. The monoisotopic (exact) mass is 408 g/mol. The highest BCUT2D eigenvalue weighted by Crippen LogP contribution is 2.25. The number of carbonyl (C=O) groups is 2. The first-order chi connectivity index (χ1) is 14.6. The van der Waals surface area contributed by atoms with Crippen molar-refractivity contribution in [3.63, 3.8) is 0 Å². The molecule has 2 saturated heterocycles. The number of hydrogen-bond acceptors (Lipinski definition) is 6. The zero-order valence-electron chi connectivity index (χ0n) is 17.4. The molecule has 2 aliphatic rings. The summed E-state index contributed by atoms with van der Waals surface area (Å²) in [5, 5.41) is 3.04. The number of carbonyl (C=O) groups excluding carboxylic acids is 2. The lowest BCUT2D eigenvalue weighted by atomic mass is 10.1. The third-order valence-corrected chi connectivity index (χ3v) is 5.76. The fraction of sp³-hybridized carbons (Fsp3) is 0.455. The molecule has 0 radical (unpaired) electrons. The van der Waals surface area contributed by atoms with E-state index in [1.54, 1.807) is 11.1 Å². The molecule has 2 amide bonds. The maximum Gasteiger partial charge on any atom is 0.274 e. The number of piperazine rings is 1. The van der Waals surface area contributed by atoms with Gasteiger partial charge in [0, 0.05) is 63.0 Å². The lowest BCUT2D eigenvalue weighted by molar-refractivity contribution is -0.117. The Morgan fingerprint density at radius 3 is 2.47 bits per heavy atom. The lowest BCUT2D eigenvalue weighted by Crippen LogP contribution is -2.50. The molecule has 0 aliphatic carbocycles. The highest BCUT2D eigenvalue weighted by molar-refractivity contribution is 5.93. The van der Waals surface area contributed by atoms with Crippen molar-refractivity contribution >= 4 is 23.2 Å². The molecule has 2 aliphatic heterocycles. The highest BCUT2D eigenvalue weighted by Gasteiger charge is 2.24. The van der Waals surface area contributed by atoms with Crippen molar-refractivity contribution in [3.05, 3.63) is 48.0 Å². The molecule has 8 heteroatoms. The van der Waals surface area contributed by atoms with Crippen LogP contribution in [0.1, 0.15) is 28.9 Å². The number of aromatic nitrogens is 2. The summed E-state index contributed by atoms with van der Waals surface area (Å²) >= 11 is 0. The smallest absolute Gasteiger partial charge is 0.274 e. The first-order valence-electron chi connectivity index (χ1n) is 10.5. The number of hydrogen-bond donors (Lipinski definition) is 1. The molecule has 158 valence electrons. The van der Waals surface area contributed by atoms with E-state index in [0.29, 0.717) is 38.4 Å². The number of amides is 2. The van der Waals surface area contributed by atoms with E-state index in [1.165, 1.54) is 30.9 Å². The zero-order valence-corrected chi connectivity index (χ0v) is 17.4. The van der Waals surface area contributed by atoms with E-state index in [2.05, 4.69) is 37.2 Å². The summed E-state index contributed by atoms with van der Waals surface area (Å²) in [7, 11) is 0. The van der Waals surface area contributed by atoms with Crippen molar-refractivity contribution in [2.45, 2.75) is 19.8 Å². The van der Waals surface area contributed by atoms with E-state index in [9.17, 15) is 9.59 Å². The molecule has 30 heavy (non-hydrogen) atoms. The van der Waals surface area contributed by atoms with Crippen LogP contribution in [0.4, 0.5) is 11.4 Å². The third kappa shape index (κ3) is 4.76. The summed E-state index contributed by atoms with van der Waals surface area (Å²) in [5.41, 5.74) is 3.52. The standard InChI is InChI=1S/C22H28N6O2/c1-17-14-18(27-8-2-3-9-27)4-5-19(17)25-21(29)16-26-10-12-28(13-11-26)22(30)20-15-23-6-7-24-20/h4-7,14-15H,2-3,8-13,16H2,1H3,(H,25,29). The van der Waals surface area contributed by atoms with Crippen LogP contribution >= 0.6 is 0 Å². The van der Waals surface area contributed by atoms with E-state index in [-0.39, 0.29) is 11.8 Å². The van der Waals surface area contributed by atoms with Crippen LogP contribution in [0.3, 0.4) is 0 Å². The van der Waals surface area contributed by atoms with Gasteiger partial charge in [0.25, 0.3) is 5.91 Å². The molecule has 1 aromatic carbocycles. The molecule has 2 aromatic rings. The van der Waals surface area contributed by atoms with Crippen LogP contribution in [0.5, 0.6) is 0 Å². The SMILES string of the molecule is Cc1cc(N2CCCC2)ccc1NC(=O)CN1CCN(C(=O)c2cnccn2)CC1. The Morgan fingerprint density at radius 2 is 1.80 bits per heavy atom. The number of anilines is 2. The molecule has 0 atom stereocenters. The molecular weight excluding hydrogens is 380 g/mol. The Bertz CT molecular complexity index is 890. The molecular formula is C22H28N6O2. The van der Waals surface area contributed by atoms with Crippen LogP contribution in [0.15, 0.2) is 36.8 Å². The van der Waals surface area contributed by atoms with Crippen LogP contribution in [0, 0.1) is 6.92 Å². The first-order valence-corrected chi connectivity index (χ1v) is 10.5. The molecule has 4 rings (SSSR count). The minimum absolute atomic E-state index is 0.0271. The quantitative estimate of drug-likeness (QED) is 0.812. The lowest BCUT2D eigenvalue weighted by Gasteiger charge is -2.34. The summed E-state index contributed by atoms with van der Waals surface area (Å²) in [5.74, 6) is -0.137. The first kappa shape index (κ1) is 20.3. The predicted octanol–water partition coefficient (Wildman–Crippen LogP) is 1.78. The molecule has 0 spiro atoms. The number of rotatable bonds is 5. The molecule has 1 N–H and O–H groups in total. The Morgan fingerprint density at radius 1 is 1.03 bits per heavy atom. The van der Waals surface area contributed by atoms with E-state index in [1.807, 2.05) is 13.0 Å². The summed E-state index contributed by atoms with van der Waals surface area (Å²) < 4.78 is 0. The Hall–Kier alpha value is -3.00. The highest BCUT2D eigenvalue weighted by atomic mass is 16.2. The third-order valence-electron chi connectivity index (χ3n) is 5.76. The Balaban J connectivity index is 1.26. The maximum atomic E-state index is 12.5. The van der Waals surface area contributed by atoms with Crippen molar-refractivity contribution in [2.24, 2.45) is 0 Å². The van der Waals surface area contributed by atoms with Gasteiger partial charge in [0.05, 0.1) is 12.7 Å². The number of nitrogens with one attached hydrogen (secondary N) is 1. The summed E-state index contributed by atoms with van der Waals surface area (Å²) in [4.78, 5) is 39.3. The van der Waals surface area contributed by atoms with Gasteiger partial charge in [-0.2, -0.15) is 0 Å². The van der Waals surface area contributed by atoms with Crippen molar-refractivity contribution < 1.29 is 9.59 Å². The van der Waals surface area contributed by atoms with Crippen LogP contribution in [-0.4, -0.2) is 77.4 Å². The fourth-order valence-electron chi connectivity index (χ4n) is 4.03. The summed E-state index contributed by atoms with van der Waals surface area (Å²) in [6.45, 7) is 7.04. The molecule has 3 heterocycles. The van der Waals surface area contributed by atoms with E-state index < -0.39 is 0 Å². The van der Waals surface area contributed by atoms with Crippen molar-refractivity contribution in [1.82, 2.24) is 19.8 Å². The van der Waals surface area contributed by atoms with Gasteiger partial charge in [0.1, 0.15) is 5.69 Å². The Labute approximate surface area is 176 Å². The summed E-state index contributed by atoms with van der Waals surface area (Å²) in [6, 6.07) is 6.24. The number of nitrogens with zero attached hydrogens (tertiary/aromatic N) is 5. The fourth-order valence-corrected chi connectivity index (χ4v) is 4.03. The predicted molar refractivity (Wildman–Crippen MR) is 116 cm³/mol. The van der Waals surface area contributed by atoms with Crippen LogP contribution in [0.25, 0.3) is 0 Å². The minimum atomic E-state index is -0.110. The van der Waals surface area contributed by atoms with Crippen LogP contribution in [-0.2, 0) is 4.79 Å². The minimum Gasteiger partial charge on any atom is -0.372 e. The van der Waals surface area contributed by atoms with Crippen LogP contribution in [0.2, 0.25) is 0 Å².